The lowest BCUT2D eigenvalue weighted by molar-refractivity contribution is -0.0395. The number of hydrogen-bond donors (Lipinski definition) is 1. The highest BCUT2D eigenvalue weighted by Crippen LogP contribution is 2.20. The summed E-state index contributed by atoms with van der Waals surface area (Å²) in [5.41, 5.74) is 3.68. The third-order valence-electron chi connectivity index (χ3n) is 6.20. The molecule has 3 heterocycles. The molecule has 0 amide bonds. The summed E-state index contributed by atoms with van der Waals surface area (Å²) >= 11 is 0. The van der Waals surface area contributed by atoms with Crippen LogP contribution in [0.15, 0.2) is 42.1 Å². The smallest absolute Gasteiger partial charge is 0.261 e. The second-order valence-corrected chi connectivity index (χ2v) is 8.17. The summed E-state index contributed by atoms with van der Waals surface area (Å²) in [4.78, 5) is 22.5. The highest BCUT2D eigenvalue weighted by atomic mass is 16.5. The molecule has 0 unspecified atom stereocenters. The molecule has 31 heavy (non-hydrogen) atoms. The van der Waals surface area contributed by atoms with E-state index < -0.39 is 6.10 Å². The number of aliphatic hydroxyl groups excluding tert-OH is 1. The Bertz CT molecular complexity index is 1340. The van der Waals surface area contributed by atoms with Crippen molar-refractivity contribution in [3.05, 3.63) is 74.9 Å². The Hall–Kier alpha value is -3.09. The average molecular weight is 415 g/mol. The molecule has 158 valence electrons. The maximum Gasteiger partial charge on any atom is 0.261 e. The number of benzene rings is 1. The van der Waals surface area contributed by atoms with Crippen molar-refractivity contribution in [1.82, 2.24) is 14.5 Å². The van der Waals surface area contributed by atoms with E-state index in [2.05, 4.69) is 28.7 Å². The zero-order valence-corrected chi connectivity index (χ0v) is 17.3. The summed E-state index contributed by atoms with van der Waals surface area (Å²) in [6.07, 6.45) is 12.0. The molecule has 6 nitrogen and oxygen atoms in total. The number of aliphatic hydroxyl groups is 1. The molecule has 0 saturated carbocycles. The fraction of sp³-hybridized carbons (Fsp3) is 0.320. The van der Waals surface area contributed by atoms with E-state index in [1.165, 1.54) is 0 Å². The zero-order valence-electron chi connectivity index (χ0n) is 17.3. The first kappa shape index (κ1) is 19.8. The van der Waals surface area contributed by atoms with E-state index in [9.17, 15) is 9.90 Å². The second kappa shape index (κ2) is 8.21. The van der Waals surface area contributed by atoms with Crippen LogP contribution in [0.25, 0.3) is 29.1 Å². The number of fused-ring (bicyclic) bond motifs is 3. The lowest BCUT2D eigenvalue weighted by Crippen LogP contribution is -2.40. The number of nitrogens with zero attached hydrogens (tertiary/aromatic N) is 3. The lowest BCUT2D eigenvalue weighted by Gasteiger charge is -2.29. The maximum absolute atomic E-state index is 13.5. The van der Waals surface area contributed by atoms with Gasteiger partial charge in [0, 0.05) is 18.0 Å². The van der Waals surface area contributed by atoms with Crippen LogP contribution in [0.1, 0.15) is 42.1 Å². The second-order valence-electron chi connectivity index (χ2n) is 8.17. The van der Waals surface area contributed by atoms with Gasteiger partial charge in [-0.05, 0) is 66.3 Å². The standard InChI is InChI=1S/C25H25N3O3/c1-2-18-12-16(7-9-26-18)11-17-13-21-24(20-6-4-3-5-19(17)20)27-15-28(25(21)30)22-8-10-31-14-23(22)29/h2,5-7,9,12-13,15,22-23,29H,1,3-4,8,10-11,14H2/t22-,23-/m0/s1. The molecule has 2 aliphatic rings. The van der Waals surface area contributed by atoms with Gasteiger partial charge in [-0.3, -0.25) is 14.3 Å². The van der Waals surface area contributed by atoms with Gasteiger partial charge >= 0.3 is 0 Å². The summed E-state index contributed by atoms with van der Waals surface area (Å²) in [6, 6.07) is 5.69. The van der Waals surface area contributed by atoms with Gasteiger partial charge < -0.3 is 9.84 Å². The predicted molar refractivity (Wildman–Crippen MR) is 121 cm³/mol. The van der Waals surface area contributed by atoms with Gasteiger partial charge in [0.05, 0.1) is 41.7 Å². The van der Waals surface area contributed by atoms with Crippen LogP contribution in [-0.2, 0) is 11.2 Å². The average Bonchev–Trinajstić information content (AvgIpc) is 2.81. The van der Waals surface area contributed by atoms with E-state index in [0.717, 1.165) is 45.6 Å². The molecule has 0 bridgehead atoms. The van der Waals surface area contributed by atoms with Crippen LogP contribution >= 0.6 is 0 Å². The normalized spacial score (nSPS) is 20.5. The molecule has 3 aromatic rings. The van der Waals surface area contributed by atoms with E-state index in [0.29, 0.717) is 24.8 Å². The van der Waals surface area contributed by atoms with Gasteiger partial charge in [-0.15, -0.1) is 0 Å². The summed E-state index contributed by atoms with van der Waals surface area (Å²) in [5.74, 6) is 0. The zero-order chi connectivity index (χ0) is 21.4. The van der Waals surface area contributed by atoms with Crippen molar-refractivity contribution in [1.29, 1.82) is 0 Å². The SMILES string of the molecule is C=Cc1cc(Cc2cc3c(=O)n([C@H]4CCOC[C@@H]4O)cnc3c3c2=CCCC=3)ccn1. The van der Waals surface area contributed by atoms with Crippen LogP contribution < -0.4 is 16.0 Å². The van der Waals surface area contributed by atoms with Crippen molar-refractivity contribution in [2.24, 2.45) is 0 Å². The quantitative estimate of drug-likeness (QED) is 0.702. The molecule has 1 aliphatic heterocycles. The molecular weight excluding hydrogens is 390 g/mol. The minimum absolute atomic E-state index is 0.111. The van der Waals surface area contributed by atoms with Crippen LogP contribution in [0.4, 0.5) is 0 Å². The minimum atomic E-state index is -0.711. The Balaban J connectivity index is 1.70. The molecule has 1 fully saturated rings. The van der Waals surface area contributed by atoms with Crippen LogP contribution in [0.3, 0.4) is 0 Å². The van der Waals surface area contributed by atoms with Gasteiger partial charge in [0.2, 0.25) is 0 Å². The van der Waals surface area contributed by atoms with Crippen molar-refractivity contribution in [2.75, 3.05) is 13.2 Å². The van der Waals surface area contributed by atoms with E-state index in [1.54, 1.807) is 23.2 Å². The number of aromatic nitrogens is 3. The van der Waals surface area contributed by atoms with E-state index in [1.807, 2.05) is 18.2 Å². The van der Waals surface area contributed by atoms with Crippen LogP contribution in [0.5, 0.6) is 0 Å². The maximum atomic E-state index is 13.5. The molecule has 2 atom stereocenters. The van der Waals surface area contributed by atoms with Gasteiger partial charge in [-0.25, -0.2) is 4.98 Å². The summed E-state index contributed by atoms with van der Waals surface area (Å²) < 4.78 is 6.92. The van der Waals surface area contributed by atoms with Gasteiger partial charge in [0.25, 0.3) is 5.56 Å². The largest absolute Gasteiger partial charge is 0.389 e. The number of ether oxygens (including phenoxy) is 1. The molecule has 1 aliphatic carbocycles. The Morgan fingerprint density at radius 3 is 2.87 bits per heavy atom. The highest BCUT2D eigenvalue weighted by Gasteiger charge is 2.27. The Morgan fingerprint density at radius 1 is 1.23 bits per heavy atom. The first-order valence-electron chi connectivity index (χ1n) is 10.7. The van der Waals surface area contributed by atoms with Gasteiger partial charge in [0.15, 0.2) is 0 Å². The Labute approximate surface area is 179 Å². The topological polar surface area (TPSA) is 77.2 Å². The van der Waals surface area contributed by atoms with Gasteiger partial charge in [0.1, 0.15) is 0 Å². The summed E-state index contributed by atoms with van der Waals surface area (Å²) in [5, 5.41) is 13.2. The molecule has 2 aromatic heterocycles. The molecule has 0 spiro atoms. The lowest BCUT2D eigenvalue weighted by atomic mass is 9.95. The number of rotatable bonds is 4. The number of pyridine rings is 1. The Morgan fingerprint density at radius 2 is 2.06 bits per heavy atom. The van der Waals surface area contributed by atoms with E-state index in [-0.39, 0.29) is 18.2 Å². The van der Waals surface area contributed by atoms with Crippen LogP contribution in [0, 0.1) is 0 Å². The van der Waals surface area contributed by atoms with E-state index >= 15 is 0 Å². The molecule has 0 radical (unpaired) electrons. The fourth-order valence-corrected chi connectivity index (χ4v) is 4.64. The molecule has 1 saturated heterocycles. The highest BCUT2D eigenvalue weighted by molar-refractivity contribution is 5.80. The first-order valence-corrected chi connectivity index (χ1v) is 10.7. The van der Waals surface area contributed by atoms with Crippen molar-refractivity contribution in [3.63, 3.8) is 0 Å². The van der Waals surface area contributed by atoms with Gasteiger partial charge in [-0.1, -0.05) is 18.7 Å². The molecule has 6 heteroatoms. The van der Waals surface area contributed by atoms with E-state index in [4.69, 9.17) is 4.74 Å². The van der Waals surface area contributed by atoms with Gasteiger partial charge in [-0.2, -0.15) is 0 Å². The van der Waals surface area contributed by atoms with Crippen molar-refractivity contribution in [3.8, 4) is 0 Å². The molecule has 1 N–H and O–H groups in total. The minimum Gasteiger partial charge on any atom is -0.389 e. The molecule has 5 rings (SSSR count). The van der Waals surface area contributed by atoms with Crippen LogP contribution in [-0.4, -0.2) is 39.0 Å². The molecular formula is C25H25N3O3. The third-order valence-corrected chi connectivity index (χ3v) is 6.20. The van der Waals surface area contributed by atoms with Crippen LogP contribution in [0.2, 0.25) is 0 Å². The van der Waals surface area contributed by atoms with Crippen molar-refractivity contribution in [2.45, 2.75) is 37.8 Å². The van der Waals surface area contributed by atoms with Crippen molar-refractivity contribution >= 4 is 29.1 Å². The molecule has 1 aromatic carbocycles. The summed E-state index contributed by atoms with van der Waals surface area (Å²) in [7, 11) is 0. The first-order chi connectivity index (χ1) is 15.2. The van der Waals surface area contributed by atoms with Crippen molar-refractivity contribution < 1.29 is 9.84 Å². The monoisotopic (exact) mass is 415 g/mol. The third kappa shape index (κ3) is 3.62. The fourth-order valence-electron chi connectivity index (χ4n) is 4.64. The predicted octanol–water partition coefficient (Wildman–Crippen LogP) is 1.70. The number of hydrogen-bond acceptors (Lipinski definition) is 5. The summed E-state index contributed by atoms with van der Waals surface area (Å²) in [6.45, 7) is 4.57. The Kier molecular flexibility index (Phi) is 5.26.